The first-order valence-corrected chi connectivity index (χ1v) is 8.84. The number of aromatic hydroxyl groups is 1. The third-order valence-electron chi connectivity index (χ3n) is 4.40. The Morgan fingerprint density at radius 1 is 1.22 bits per heavy atom. The van der Waals surface area contributed by atoms with E-state index in [9.17, 15) is 19.5 Å². The second-order valence-electron chi connectivity index (χ2n) is 6.47. The van der Waals surface area contributed by atoms with Crippen molar-refractivity contribution in [2.75, 3.05) is 20.6 Å². The summed E-state index contributed by atoms with van der Waals surface area (Å²) in [4.78, 5) is 40.2. The van der Waals surface area contributed by atoms with Gasteiger partial charge in [-0.05, 0) is 17.7 Å². The van der Waals surface area contributed by atoms with Crippen LogP contribution in [0.3, 0.4) is 0 Å². The zero-order valence-electron chi connectivity index (χ0n) is 14.6. The van der Waals surface area contributed by atoms with E-state index < -0.39 is 23.1 Å². The Morgan fingerprint density at radius 3 is 2.56 bits per heavy atom. The van der Waals surface area contributed by atoms with Crippen molar-refractivity contribution >= 4 is 35.0 Å². The van der Waals surface area contributed by atoms with E-state index in [0.29, 0.717) is 15.6 Å². The van der Waals surface area contributed by atoms with Crippen LogP contribution in [0.1, 0.15) is 22.1 Å². The number of rotatable bonds is 3. The highest BCUT2D eigenvalue weighted by Gasteiger charge is 2.37. The number of benzene rings is 1. The topological polar surface area (TPSA) is 82.9 Å². The van der Waals surface area contributed by atoms with Crippen molar-refractivity contribution in [1.82, 2.24) is 14.4 Å². The molecular formula is C18H17Cl2N3O4. The van der Waals surface area contributed by atoms with Gasteiger partial charge in [0.2, 0.25) is 11.3 Å². The van der Waals surface area contributed by atoms with Crippen molar-refractivity contribution in [2.45, 2.75) is 12.6 Å². The van der Waals surface area contributed by atoms with Crippen LogP contribution in [0.15, 0.2) is 35.3 Å². The number of halogens is 2. The van der Waals surface area contributed by atoms with Gasteiger partial charge in [-0.2, -0.15) is 0 Å². The normalized spacial score (nSPS) is 16.2. The van der Waals surface area contributed by atoms with Crippen molar-refractivity contribution in [3.05, 3.63) is 62.0 Å². The van der Waals surface area contributed by atoms with E-state index in [-0.39, 0.29) is 24.7 Å². The quantitative estimate of drug-likeness (QED) is 0.841. The van der Waals surface area contributed by atoms with E-state index in [4.69, 9.17) is 23.2 Å². The Labute approximate surface area is 165 Å². The van der Waals surface area contributed by atoms with Gasteiger partial charge in [0, 0.05) is 32.9 Å². The standard InChI is InChI=1S/C18H17Cl2N3O4/c1-21(2)17(26)13-9-22(8-10-3-4-11(19)12(20)7-10)18(27)15-16(25)14(24)5-6-23(13)15/h3-7,13,25H,8-9H2,1-2H3. The van der Waals surface area contributed by atoms with Crippen molar-refractivity contribution in [3.63, 3.8) is 0 Å². The van der Waals surface area contributed by atoms with Gasteiger partial charge >= 0.3 is 0 Å². The summed E-state index contributed by atoms with van der Waals surface area (Å²) in [7, 11) is 3.20. The molecule has 1 aromatic heterocycles. The first-order valence-electron chi connectivity index (χ1n) is 8.09. The average molecular weight is 410 g/mol. The highest BCUT2D eigenvalue weighted by atomic mass is 35.5. The number of likely N-dealkylation sites (N-methyl/N-ethyl adjacent to an activating group) is 1. The number of fused-ring (bicyclic) bond motifs is 1. The molecule has 0 fully saturated rings. The van der Waals surface area contributed by atoms with Gasteiger partial charge in [0.15, 0.2) is 11.4 Å². The number of carbonyl (C=O) groups excluding carboxylic acids is 2. The number of pyridine rings is 1. The van der Waals surface area contributed by atoms with Crippen LogP contribution in [0.4, 0.5) is 0 Å². The van der Waals surface area contributed by atoms with Gasteiger partial charge in [-0.1, -0.05) is 29.3 Å². The molecule has 0 saturated carbocycles. The van der Waals surface area contributed by atoms with E-state index in [1.807, 2.05) is 0 Å². The van der Waals surface area contributed by atoms with Crippen LogP contribution < -0.4 is 5.43 Å². The minimum atomic E-state index is -0.762. The summed E-state index contributed by atoms with van der Waals surface area (Å²) in [6, 6.07) is 5.34. The average Bonchev–Trinajstić information content (AvgIpc) is 2.62. The lowest BCUT2D eigenvalue weighted by Gasteiger charge is -2.36. The molecule has 2 amide bonds. The Bertz CT molecular complexity index is 987. The maximum atomic E-state index is 12.9. The molecule has 1 aromatic carbocycles. The summed E-state index contributed by atoms with van der Waals surface area (Å²) >= 11 is 12.0. The van der Waals surface area contributed by atoms with Crippen molar-refractivity contribution in [1.29, 1.82) is 0 Å². The molecule has 27 heavy (non-hydrogen) atoms. The highest BCUT2D eigenvalue weighted by Crippen LogP contribution is 2.29. The fraction of sp³-hybridized carbons (Fsp3) is 0.278. The van der Waals surface area contributed by atoms with Crippen LogP contribution >= 0.6 is 23.2 Å². The molecule has 1 aliphatic heterocycles. The Hall–Kier alpha value is -2.51. The molecule has 0 aliphatic carbocycles. The molecule has 3 rings (SSSR count). The summed E-state index contributed by atoms with van der Waals surface area (Å²) in [5.74, 6) is -1.47. The van der Waals surface area contributed by atoms with Gasteiger partial charge in [0.1, 0.15) is 6.04 Å². The first kappa shape index (κ1) is 19.3. The fourth-order valence-electron chi connectivity index (χ4n) is 3.03. The van der Waals surface area contributed by atoms with Crippen LogP contribution in [-0.4, -0.2) is 51.9 Å². The summed E-state index contributed by atoms with van der Waals surface area (Å²) in [6.07, 6.45) is 1.36. The van der Waals surface area contributed by atoms with Crippen LogP contribution in [0.25, 0.3) is 0 Å². The maximum absolute atomic E-state index is 12.9. The maximum Gasteiger partial charge on any atom is 0.274 e. The molecule has 9 heteroatoms. The lowest BCUT2D eigenvalue weighted by molar-refractivity contribution is -0.133. The number of nitrogens with zero attached hydrogens (tertiary/aromatic N) is 3. The second-order valence-corrected chi connectivity index (χ2v) is 7.28. The predicted octanol–water partition coefficient (Wildman–Crippen LogP) is 2.15. The summed E-state index contributed by atoms with van der Waals surface area (Å²) in [5.41, 5.74) is -0.170. The molecule has 1 aliphatic rings. The van der Waals surface area contributed by atoms with Gasteiger partial charge < -0.3 is 19.5 Å². The minimum Gasteiger partial charge on any atom is -0.503 e. The molecule has 7 nitrogen and oxygen atoms in total. The summed E-state index contributed by atoms with van der Waals surface area (Å²) < 4.78 is 1.35. The summed E-state index contributed by atoms with van der Waals surface area (Å²) in [6.45, 7) is 0.237. The zero-order valence-corrected chi connectivity index (χ0v) is 16.2. The molecule has 1 unspecified atom stereocenters. The molecule has 0 saturated heterocycles. The lowest BCUT2D eigenvalue weighted by Crippen LogP contribution is -2.48. The molecule has 0 radical (unpaired) electrons. The molecular weight excluding hydrogens is 393 g/mol. The molecule has 1 atom stereocenters. The van der Waals surface area contributed by atoms with Gasteiger partial charge in [0.05, 0.1) is 16.6 Å². The smallest absolute Gasteiger partial charge is 0.274 e. The van der Waals surface area contributed by atoms with Gasteiger partial charge in [-0.3, -0.25) is 14.4 Å². The van der Waals surface area contributed by atoms with Crippen LogP contribution in [0, 0.1) is 0 Å². The largest absolute Gasteiger partial charge is 0.503 e. The summed E-state index contributed by atoms with van der Waals surface area (Å²) in [5, 5.41) is 10.9. The molecule has 0 bridgehead atoms. The highest BCUT2D eigenvalue weighted by molar-refractivity contribution is 6.42. The number of aromatic nitrogens is 1. The number of amides is 2. The van der Waals surface area contributed by atoms with Crippen molar-refractivity contribution < 1.29 is 14.7 Å². The minimum absolute atomic E-state index is 0.0887. The van der Waals surface area contributed by atoms with Gasteiger partial charge in [-0.15, -0.1) is 0 Å². The Kier molecular flexibility index (Phi) is 5.17. The molecule has 2 heterocycles. The van der Waals surface area contributed by atoms with Crippen molar-refractivity contribution in [2.24, 2.45) is 0 Å². The lowest BCUT2D eigenvalue weighted by atomic mass is 10.1. The zero-order chi connectivity index (χ0) is 19.9. The van der Waals surface area contributed by atoms with E-state index in [1.165, 1.54) is 20.6 Å². The van der Waals surface area contributed by atoms with Crippen LogP contribution in [-0.2, 0) is 11.3 Å². The monoisotopic (exact) mass is 409 g/mol. The van der Waals surface area contributed by atoms with Crippen LogP contribution in [0.5, 0.6) is 5.75 Å². The second kappa shape index (κ2) is 7.25. The van der Waals surface area contributed by atoms with E-state index in [0.717, 1.165) is 6.07 Å². The first-order chi connectivity index (χ1) is 12.7. The molecule has 1 N–H and O–H groups in total. The molecule has 0 spiro atoms. The van der Waals surface area contributed by atoms with Gasteiger partial charge in [0.25, 0.3) is 5.91 Å². The SMILES string of the molecule is CN(C)C(=O)C1CN(Cc2ccc(Cl)c(Cl)c2)C(=O)c2c(O)c(=O)ccn21. The van der Waals surface area contributed by atoms with E-state index >= 15 is 0 Å². The molecule has 142 valence electrons. The Morgan fingerprint density at radius 2 is 1.93 bits per heavy atom. The number of hydrogen-bond acceptors (Lipinski definition) is 4. The predicted molar refractivity (Wildman–Crippen MR) is 101 cm³/mol. The molecule has 2 aromatic rings. The number of carbonyl (C=O) groups is 2. The third kappa shape index (κ3) is 3.52. The van der Waals surface area contributed by atoms with Crippen molar-refractivity contribution in [3.8, 4) is 5.75 Å². The Balaban J connectivity index is 2.05. The van der Waals surface area contributed by atoms with Crippen LogP contribution in [0.2, 0.25) is 10.0 Å². The van der Waals surface area contributed by atoms with E-state index in [2.05, 4.69) is 0 Å². The number of hydrogen-bond donors (Lipinski definition) is 1. The third-order valence-corrected chi connectivity index (χ3v) is 5.14. The fourth-order valence-corrected chi connectivity index (χ4v) is 3.35. The van der Waals surface area contributed by atoms with E-state index in [1.54, 1.807) is 32.3 Å². The van der Waals surface area contributed by atoms with Gasteiger partial charge in [-0.25, -0.2) is 0 Å².